The molecule has 0 nitrogen and oxygen atoms in total. The molecule has 0 heterocycles. The van der Waals surface area contributed by atoms with Crippen LogP contribution in [0.4, 0.5) is 0 Å². The number of allylic oxidation sites excluding steroid dienone is 2. The van der Waals surface area contributed by atoms with Gasteiger partial charge in [-0.2, -0.15) is 0 Å². The predicted molar refractivity (Wildman–Crippen MR) is 115 cm³/mol. The Kier molecular flexibility index (Phi) is 5.74. The molecule has 0 aliphatic carbocycles. The van der Waals surface area contributed by atoms with E-state index in [0.29, 0.717) is 0 Å². The first-order valence-corrected chi connectivity index (χ1v) is 10.7. The van der Waals surface area contributed by atoms with E-state index in [4.69, 9.17) is 0 Å². The molecule has 0 aromatic heterocycles. The van der Waals surface area contributed by atoms with E-state index in [1.807, 2.05) is 0 Å². The minimum Gasteiger partial charge on any atom is -0.0735 e. The maximum atomic E-state index is 2.48. The predicted octanol–water partition coefficient (Wildman–Crippen LogP) is 5.14. The van der Waals surface area contributed by atoms with Crippen molar-refractivity contribution in [1.29, 1.82) is 0 Å². The third-order valence-electron chi connectivity index (χ3n) is 4.63. The van der Waals surface area contributed by atoms with E-state index >= 15 is 0 Å². The van der Waals surface area contributed by atoms with Gasteiger partial charge < -0.3 is 0 Å². The van der Waals surface area contributed by atoms with Crippen LogP contribution in [0, 0.1) is 0 Å². The van der Waals surface area contributed by atoms with Gasteiger partial charge in [-0.05, 0) is 36.1 Å². The molecule has 0 saturated heterocycles. The van der Waals surface area contributed by atoms with E-state index in [1.165, 1.54) is 21.5 Å². The second-order valence-electron chi connectivity index (χ2n) is 6.24. The van der Waals surface area contributed by atoms with Crippen molar-refractivity contribution >= 4 is 28.6 Å². The SMILES string of the molecule is CC/C(C)=C/C=P(c1ccccc1)(c1ccccc1)c1ccccc1. The Hall–Kier alpha value is -2.30. The third kappa shape index (κ3) is 3.70. The number of rotatable bonds is 5. The minimum atomic E-state index is -1.82. The van der Waals surface area contributed by atoms with Crippen LogP contribution in [0.5, 0.6) is 0 Å². The van der Waals surface area contributed by atoms with Gasteiger partial charge in [0.2, 0.25) is 0 Å². The second kappa shape index (κ2) is 8.19. The van der Waals surface area contributed by atoms with E-state index in [9.17, 15) is 0 Å². The fraction of sp³-hybridized carbons (Fsp3) is 0.125. The van der Waals surface area contributed by atoms with Crippen LogP contribution >= 0.6 is 6.89 Å². The van der Waals surface area contributed by atoms with E-state index in [0.717, 1.165) is 6.42 Å². The molecule has 0 amide bonds. The summed E-state index contributed by atoms with van der Waals surface area (Å²) in [6.45, 7) is 2.61. The second-order valence-corrected chi connectivity index (χ2v) is 9.54. The maximum absolute atomic E-state index is 2.48. The number of hydrogen-bond donors (Lipinski definition) is 0. The van der Waals surface area contributed by atoms with Gasteiger partial charge in [0, 0.05) is 0 Å². The van der Waals surface area contributed by atoms with E-state index < -0.39 is 6.89 Å². The molecule has 0 spiro atoms. The summed E-state index contributed by atoms with van der Waals surface area (Å²) < 4.78 is 0. The fourth-order valence-corrected chi connectivity index (χ4v) is 6.87. The monoisotopic (exact) mass is 344 g/mol. The van der Waals surface area contributed by atoms with Crippen LogP contribution in [-0.2, 0) is 0 Å². The molecule has 0 aliphatic rings. The Bertz CT molecular complexity index is 772. The summed E-state index contributed by atoms with van der Waals surface area (Å²) in [6, 6.07) is 32.9. The lowest BCUT2D eigenvalue weighted by Crippen LogP contribution is -2.26. The lowest BCUT2D eigenvalue weighted by Gasteiger charge is -2.28. The van der Waals surface area contributed by atoms with Crippen molar-refractivity contribution in [1.82, 2.24) is 0 Å². The van der Waals surface area contributed by atoms with Crippen molar-refractivity contribution in [2.75, 3.05) is 0 Å². The van der Waals surface area contributed by atoms with Crippen LogP contribution < -0.4 is 15.9 Å². The highest BCUT2D eigenvalue weighted by Gasteiger charge is 2.23. The molecule has 126 valence electrons. The smallest absolute Gasteiger partial charge is 0.0160 e. The van der Waals surface area contributed by atoms with Crippen molar-refractivity contribution in [3.05, 3.63) is 103 Å². The molecule has 1 heteroatoms. The molecule has 0 bridgehead atoms. The molecule has 3 rings (SSSR count). The van der Waals surface area contributed by atoms with Crippen LogP contribution in [0.25, 0.3) is 0 Å². The highest BCUT2D eigenvalue weighted by atomic mass is 31.2. The van der Waals surface area contributed by atoms with Gasteiger partial charge in [-0.1, -0.05) is 115 Å². The quantitative estimate of drug-likeness (QED) is 0.562. The van der Waals surface area contributed by atoms with Crippen LogP contribution in [0.15, 0.2) is 103 Å². The normalized spacial score (nSPS) is 12.0. The highest BCUT2D eigenvalue weighted by molar-refractivity contribution is 7.94. The molecular weight excluding hydrogens is 319 g/mol. The van der Waals surface area contributed by atoms with Crippen LogP contribution in [-0.4, -0.2) is 5.80 Å². The summed E-state index contributed by atoms with van der Waals surface area (Å²) in [5.41, 5.74) is 1.41. The zero-order valence-electron chi connectivity index (χ0n) is 15.0. The van der Waals surface area contributed by atoms with Crippen LogP contribution in [0.1, 0.15) is 20.3 Å². The summed E-state index contributed by atoms with van der Waals surface area (Å²) in [5, 5.41) is 4.19. The number of benzene rings is 3. The largest absolute Gasteiger partial charge is 0.0735 e. The van der Waals surface area contributed by atoms with Gasteiger partial charge in [0.25, 0.3) is 0 Å². The molecule has 0 unspecified atom stereocenters. The molecule has 0 radical (unpaired) electrons. The van der Waals surface area contributed by atoms with E-state index in [1.54, 1.807) is 0 Å². The van der Waals surface area contributed by atoms with Gasteiger partial charge in [0.1, 0.15) is 0 Å². The van der Waals surface area contributed by atoms with Crippen molar-refractivity contribution in [2.24, 2.45) is 0 Å². The fourth-order valence-electron chi connectivity index (χ4n) is 3.05. The Morgan fingerprint density at radius 1 is 0.680 bits per heavy atom. The summed E-state index contributed by atoms with van der Waals surface area (Å²) >= 11 is 0. The maximum Gasteiger partial charge on any atom is -0.0160 e. The highest BCUT2D eigenvalue weighted by Crippen LogP contribution is 2.43. The van der Waals surface area contributed by atoms with Gasteiger partial charge in [-0.25, -0.2) is 0 Å². The van der Waals surface area contributed by atoms with Crippen LogP contribution in [0.3, 0.4) is 0 Å². The summed E-state index contributed by atoms with van der Waals surface area (Å²) in [4.78, 5) is 0. The summed E-state index contributed by atoms with van der Waals surface area (Å²) in [5.74, 6) is 2.48. The topological polar surface area (TPSA) is 0 Å². The Morgan fingerprint density at radius 2 is 1.04 bits per heavy atom. The average molecular weight is 344 g/mol. The Balaban J connectivity index is 2.40. The Morgan fingerprint density at radius 3 is 1.36 bits per heavy atom. The molecule has 0 aliphatic heterocycles. The van der Waals surface area contributed by atoms with Crippen LogP contribution in [0.2, 0.25) is 0 Å². The number of hydrogen-bond acceptors (Lipinski definition) is 0. The minimum absolute atomic E-state index is 1.08. The third-order valence-corrected chi connectivity index (χ3v) is 8.57. The van der Waals surface area contributed by atoms with Gasteiger partial charge in [0.15, 0.2) is 0 Å². The molecule has 0 saturated carbocycles. The molecule has 0 atom stereocenters. The van der Waals surface area contributed by atoms with Gasteiger partial charge >= 0.3 is 0 Å². The van der Waals surface area contributed by atoms with E-state index in [2.05, 4.69) is 117 Å². The molecular formula is C24H25P. The lowest BCUT2D eigenvalue weighted by atomic mass is 10.2. The summed E-state index contributed by atoms with van der Waals surface area (Å²) in [6.07, 6.45) is 3.41. The zero-order valence-corrected chi connectivity index (χ0v) is 15.9. The molecule has 25 heavy (non-hydrogen) atoms. The first-order chi connectivity index (χ1) is 12.3. The van der Waals surface area contributed by atoms with Gasteiger partial charge in [0.05, 0.1) is 0 Å². The van der Waals surface area contributed by atoms with Gasteiger partial charge in [-0.15, -0.1) is 0 Å². The first kappa shape index (κ1) is 17.5. The Labute approximate surface area is 151 Å². The van der Waals surface area contributed by atoms with Crippen molar-refractivity contribution in [2.45, 2.75) is 20.3 Å². The summed E-state index contributed by atoms with van der Waals surface area (Å²) in [7, 11) is 0. The lowest BCUT2D eigenvalue weighted by molar-refractivity contribution is 1.10. The average Bonchev–Trinajstić information content (AvgIpc) is 2.71. The van der Waals surface area contributed by atoms with Crippen molar-refractivity contribution in [3.8, 4) is 0 Å². The van der Waals surface area contributed by atoms with E-state index in [-0.39, 0.29) is 0 Å². The molecule has 0 fully saturated rings. The molecule has 0 N–H and O–H groups in total. The first-order valence-electron chi connectivity index (χ1n) is 8.84. The van der Waals surface area contributed by atoms with Crippen molar-refractivity contribution in [3.63, 3.8) is 0 Å². The standard InChI is InChI=1S/C24H25P/c1-3-21(2)19-20-25(22-13-7-4-8-14-22,23-15-9-5-10-16-23)24-17-11-6-12-18-24/h4-20H,3H2,1-2H3/b21-19+. The van der Waals surface area contributed by atoms with Gasteiger partial charge in [-0.3, -0.25) is 0 Å². The zero-order chi connectivity index (χ0) is 17.5. The van der Waals surface area contributed by atoms with Crippen molar-refractivity contribution < 1.29 is 0 Å². The molecule has 3 aromatic carbocycles. The molecule has 3 aromatic rings.